The summed E-state index contributed by atoms with van der Waals surface area (Å²) in [5.41, 5.74) is 4.27. The molecule has 0 saturated heterocycles. The van der Waals surface area contributed by atoms with E-state index < -0.39 is 0 Å². The Morgan fingerprint density at radius 1 is 1.10 bits per heavy atom. The van der Waals surface area contributed by atoms with Crippen molar-refractivity contribution < 1.29 is 9.59 Å². The molecule has 0 radical (unpaired) electrons. The number of hydrogen-bond donors (Lipinski definition) is 1. The van der Waals surface area contributed by atoms with Gasteiger partial charge in [-0.15, -0.1) is 11.3 Å². The lowest BCUT2D eigenvalue weighted by molar-refractivity contribution is -0.118. The number of aromatic nitrogens is 3. The van der Waals surface area contributed by atoms with Gasteiger partial charge in [0.2, 0.25) is 5.91 Å². The molecule has 5 aromatic rings. The standard InChI is InChI=1S/C32H30N6O2S/c1-2-5-31(39)38(21-28-19-34-22-37(28)20-24-9-7-23(18-33)8-10-24)27-11-12-29-25(16-27)17-30(41-29)32(40)36-15-13-26-6-3-4-14-35-26/h3-4,6-12,14,16-17,19,22H,2,5,13,15,20-21H2,1H3,(H,36,40). The second-order valence-corrected chi connectivity index (χ2v) is 10.8. The van der Waals surface area contributed by atoms with Crippen LogP contribution in [0.5, 0.6) is 0 Å². The molecule has 0 bridgehead atoms. The number of amides is 2. The number of fused-ring (bicyclic) bond motifs is 1. The van der Waals surface area contributed by atoms with Gasteiger partial charge in [-0.2, -0.15) is 5.26 Å². The maximum Gasteiger partial charge on any atom is 0.261 e. The van der Waals surface area contributed by atoms with E-state index in [1.54, 1.807) is 35.8 Å². The number of carbonyl (C=O) groups is 2. The Balaban J connectivity index is 1.33. The van der Waals surface area contributed by atoms with Crippen molar-refractivity contribution in [3.63, 3.8) is 0 Å². The van der Waals surface area contributed by atoms with Crippen LogP contribution in [0.25, 0.3) is 10.1 Å². The first kappa shape index (κ1) is 27.7. The zero-order valence-corrected chi connectivity index (χ0v) is 23.6. The van der Waals surface area contributed by atoms with Gasteiger partial charge in [0.15, 0.2) is 0 Å². The van der Waals surface area contributed by atoms with Crippen LogP contribution in [0.4, 0.5) is 5.69 Å². The number of imidazole rings is 1. The lowest BCUT2D eigenvalue weighted by atomic mass is 10.1. The quantitative estimate of drug-likeness (QED) is 0.222. The summed E-state index contributed by atoms with van der Waals surface area (Å²) in [5.74, 6) is -0.0880. The number of anilines is 1. The van der Waals surface area contributed by atoms with Crippen molar-refractivity contribution in [3.05, 3.63) is 113 Å². The van der Waals surface area contributed by atoms with Gasteiger partial charge in [-0.3, -0.25) is 14.6 Å². The third kappa shape index (κ3) is 6.86. The Bertz CT molecular complexity index is 1690. The molecule has 3 aromatic heterocycles. The number of nitriles is 1. The smallest absolute Gasteiger partial charge is 0.261 e. The third-order valence-electron chi connectivity index (χ3n) is 6.75. The summed E-state index contributed by atoms with van der Waals surface area (Å²) in [6.45, 7) is 3.45. The fourth-order valence-electron chi connectivity index (χ4n) is 4.59. The molecule has 8 nitrogen and oxygen atoms in total. The summed E-state index contributed by atoms with van der Waals surface area (Å²) in [5, 5.41) is 13.0. The minimum Gasteiger partial charge on any atom is -0.351 e. The van der Waals surface area contributed by atoms with Gasteiger partial charge in [-0.25, -0.2) is 4.98 Å². The van der Waals surface area contributed by atoms with E-state index in [-0.39, 0.29) is 11.8 Å². The highest BCUT2D eigenvalue weighted by molar-refractivity contribution is 7.20. The summed E-state index contributed by atoms with van der Waals surface area (Å²) < 4.78 is 3.00. The second-order valence-electron chi connectivity index (χ2n) is 9.71. The number of benzene rings is 2. The maximum atomic E-state index is 13.3. The second kappa shape index (κ2) is 13.0. The van der Waals surface area contributed by atoms with Gasteiger partial charge in [0.05, 0.1) is 35.1 Å². The zero-order valence-electron chi connectivity index (χ0n) is 22.8. The molecule has 9 heteroatoms. The van der Waals surface area contributed by atoms with Crippen LogP contribution in [0.15, 0.2) is 85.5 Å². The average molecular weight is 563 g/mol. The lowest BCUT2D eigenvalue weighted by Gasteiger charge is -2.23. The monoisotopic (exact) mass is 562 g/mol. The van der Waals surface area contributed by atoms with Crippen LogP contribution in [0, 0.1) is 11.3 Å². The molecule has 0 saturated carbocycles. The van der Waals surface area contributed by atoms with E-state index in [4.69, 9.17) is 5.26 Å². The SMILES string of the molecule is CCCC(=O)N(Cc1cncn1Cc1ccc(C#N)cc1)c1ccc2sc(C(=O)NCCc3ccccn3)cc2c1. The van der Waals surface area contributed by atoms with E-state index in [0.717, 1.165) is 39.1 Å². The molecular formula is C32H30N6O2S. The molecule has 0 aliphatic carbocycles. The highest BCUT2D eigenvalue weighted by atomic mass is 32.1. The lowest BCUT2D eigenvalue weighted by Crippen LogP contribution is -2.31. The van der Waals surface area contributed by atoms with Crippen molar-refractivity contribution in [2.75, 3.05) is 11.4 Å². The number of thiophene rings is 1. The van der Waals surface area contributed by atoms with Crippen LogP contribution in [-0.2, 0) is 24.3 Å². The molecule has 0 atom stereocenters. The van der Waals surface area contributed by atoms with Gasteiger partial charge < -0.3 is 14.8 Å². The first-order valence-electron chi connectivity index (χ1n) is 13.5. The van der Waals surface area contributed by atoms with Gasteiger partial charge in [0.1, 0.15) is 0 Å². The van der Waals surface area contributed by atoms with Crippen molar-refractivity contribution in [1.29, 1.82) is 5.26 Å². The largest absolute Gasteiger partial charge is 0.351 e. The predicted octanol–water partition coefficient (Wildman–Crippen LogP) is 5.72. The molecule has 206 valence electrons. The summed E-state index contributed by atoms with van der Waals surface area (Å²) in [4.78, 5) is 37.2. The van der Waals surface area contributed by atoms with E-state index in [1.807, 2.05) is 66.1 Å². The third-order valence-corrected chi connectivity index (χ3v) is 7.86. The molecule has 5 rings (SSSR count). The molecule has 3 heterocycles. The zero-order chi connectivity index (χ0) is 28.6. The molecular weight excluding hydrogens is 532 g/mol. The van der Waals surface area contributed by atoms with Crippen LogP contribution in [0.2, 0.25) is 0 Å². The minimum absolute atomic E-state index is 0.0284. The highest BCUT2D eigenvalue weighted by Gasteiger charge is 2.19. The number of hydrogen-bond acceptors (Lipinski definition) is 6. The Morgan fingerprint density at radius 3 is 2.71 bits per heavy atom. The van der Waals surface area contributed by atoms with E-state index in [9.17, 15) is 9.59 Å². The molecule has 41 heavy (non-hydrogen) atoms. The van der Waals surface area contributed by atoms with Gasteiger partial charge in [0.25, 0.3) is 5.91 Å². The summed E-state index contributed by atoms with van der Waals surface area (Å²) >= 11 is 1.44. The molecule has 1 N–H and O–H groups in total. The molecule has 0 unspecified atom stereocenters. The van der Waals surface area contributed by atoms with Gasteiger partial charge in [-0.05, 0) is 65.9 Å². The number of pyridine rings is 1. The number of nitrogens with zero attached hydrogens (tertiary/aromatic N) is 5. The van der Waals surface area contributed by atoms with E-state index in [1.165, 1.54) is 11.3 Å². The Hall–Kier alpha value is -4.81. The predicted molar refractivity (Wildman–Crippen MR) is 161 cm³/mol. The van der Waals surface area contributed by atoms with Crippen molar-refractivity contribution in [2.45, 2.75) is 39.3 Å². The molecule has 0 fully saturated rings. The maximum absolute atomic E-state index is 13.3. The van der Waals surface area contributed by atoms with Crippen LogP contribution >= 0.6 is 11.3 Å². The van der Waals surface area contributed by atoms with E-state index >= 15 is 0 Å². The summed E-state index contributed by atoms with van der Waals surface area (Å²) in [6, 6.07) is 23.1. The van der Waals surface area contributed by atoms with E-state index in [0.29, 0.717) is 42.9 Å². The molecule has 2 amide bonds. The van der Waals surface area contributed by atoms with Crippen LogP contribution in [0.1, 0.15) is 52.0 Å². The fourth-order valence-corrected chi connectivity index (χ4v) is 5.55. The first-order chi connectivity index (χ1) is 20.0. The van der Waals surface area contributed by atoms with Gasteiger partial charge in [-0.1, -0.05) is 25.1 Å². The highest BCUT2D eigenvalue weighted by Crippen LogP contribution is 2.31. The summed E-state index contributed by atoms with van der Waals surface area (Å²) in [6.07, 6.45) is 7.12. The van der Waals surface area contributed by atoms with Crippen LogP contribution in [0.3, 0.4) is 0 Å². The van der Waals surface area contributed by atoms with E-state index in [2.05, 4.69) is 21.4 Å². The molecule has 0 aliphatic rings. The van der Waals surface area contributed by atoms with Gasteiger partial charge >= 0.3 is 0 Å². The van der Waals surface area contributed by atoms with Crippen molar-refractivity contribution in [3.8, 4) is 6.07 Å². The number of rotatable bonds is 11. The molecule has 2 aromatic carbocycles. The van der Waals surface area contributed by atoms with Crippen molar-refractivity contribution in [2.24, 2.45) is 0 Å². The molecule has 0 spiro atoms. The van der Waals surface area contributed by atoms with Crippen molar-refractivity contribution in [1.82, 2.24) is 19.9 Å². The fraction of sp³-hybridized carbons (Fsp3) is 0.219. The Kier molecular flexibility index (Phi) is 8.82. The number of carbonyl (C=O) groups excluding carboxylic acids is 2. The minimum atomic E-state index is -0.116. The van der Waals surface area contributed by atoms with Gasteiger partial charge in [0, 0.05) is 54.4 Å². The Labute approximate surface area is 242 Å². The number of nitrogens with one attached hydrogen (secondary N) is 1. The Morgan fingerprint density at radius 2 is 1.95 bits per heavy atom. The first-order valence-corrected chi connectivity index (χ1v) is 14.4. The summed E-state index contributed by atoms with van der Waals surface area (Å²) in [7, 11) is 0. The topological polar surface area (TPSA) is 104 Å². The average Bonchev–Trinajstić information content (AvgIpc) is 3.63. The van der Waals surface area contributed by atoms with Crippen LogP contribution in [-0.4, -0.2) is 32.9 Å². The normalized spacial score (nSPS) is 10.8. The van der Waals surface area contributed by atoms with Crippen molar-refractivity contribution >= 4 is 38.9 Å². The molecule has 0 aliphatic heterocycles. The van der Waals surface area contributed by atoms with Crippen LogP contribution < -0.4 is 10.2 Å².